The second kappa shape index (κ2) is 5.55. The fourth-order valence-electron chi connectivity index (χ4n) is 2.87. The van der Waals surface area contributed by atoms with Gasteiger partial charge in [-0.2, -0.15) is 0 Å². The van der Waals surface area contributed by atoms with Crippen molar-refractivity contribution in [1.82, 2.24) is 5.32 Å². The highest BCUT2D eigenvalue weighted by atomic mass is 32.2. The molecule has 0 unspecified atom stereocenters. The summed E-state index contributed by atoms with van der Waals surface area (Å²) < 4.78 is 27.1. The highest BCUT2D eigenvalue weighted by Crippen LogP contribution is 2.27. The fourth-order valence-corrected chi connectivity index (χ4v) is 4.46. The van der Waals surface area contributed by atoms with Gasteiger partial charge in [-0.3, -0.25) is 9.62 Å². The van der Waals surface area contributed by atoms with Crippen LogP contribution in [0.5, 0.6) is 0 Å². The average Bonchev–Trinajstić information content (AvgIpc) is 3.10. The van der Waals surface area contributed by atoms with Gasteiger partial charge in [0.2, 0.25) is 10.0 Å². The summed E-state index contributed by atoms with van der Waals surface area (Å²) in [6.45, 7) is 1.26. The fraction of sp³-hybridized carbons (Fsp3) is 0.500. The van der Waals surface area contributed by atoms with Crippen molar-refractivity contribution in [3.8, 4) is 0 Å². The molecule has 1 aromatic rings. The van der Waals surface area contributed by atoms with E-state index < -0.39 is 10.0 Å². The van der Waals surface area contributed by atoms with Gasteiger partial charge < -0.3 is 5.32 Å². The Balaban J connectivity index is 1.71. The maximum atomic E-state index is 12.2. The molecular formula is C14H19N3O3S. The van der Waals surface area contributed by atoms with Crippen LogP contribution in [0.15, 0.2) is 24.3 Å². The van der Waals surface area contributed by atoms with E-state index in [9.17, 15) is 13.2 Å². The Morgan fingerprint density at radius 1 is 1.14 bits per heavy atom. The maximum Gasteiger partial charge on any atom is 0.321 e. The lowest BCUT2D eigenvalue weighted by atomic mass is 10.2. The molecule has 1 saturated carbocycles. The normalized spacial score (nSPS) is 19.8. The smallest absolute Gasteiger partial charge is 0.321 e. The van der Waals surface area contributed by atoms with Crippen molar-refractivity contribution in [3.05, 3.63) is 24.3 Å². The van der Waals surface area contributed by atoms with Gasteiger partial charge in [0, 0.05) is 24.5 Å². The largest absolute Gasteiger partial charge is 0.336 e. The van der Waals surface area contributed by atoms with E-state index in [0.717, 1.165) is 31.4 Å². The summed E-state index contributed by atoms with van der Waals surface area (Å²) in [4.78, 5) is 13.2. The predicted octanol–water partition coefficient (Wildman–Crippen LogP) is 1.90. The molecule has 114 valence electrons. The van der Waals surface area contributed by atoms with Crippen LogP contribution >= 0.6 is 0 Å². The molecule has 1 aliphatic heterocycles. The summed E-state index contributed by atoms with van der Waals surface area (Å²) in [7, 11) is -3.30. The lowest BCUT2D eigenvalue weighted by Crippen LogP contribution is -2.27. The van der Waals surface area contributed by atoms with Crippen molar-refractivity contribution < 1.29 is 13.2 Å². The van der Waals surface area contributed by atoms with Crippen LogP contribution in [0.25, 0.3) is 0 Å². The minimum atomic E-state index is -3.30. The lowest BCUT2D eigenvalue weighted by molar-refractivity contribution is 0.252. The summed E-state index contributed by atoms with van der Waals surface area (Å²) in [5.74, 6) is 0. The molecule has 0 aromatic heterocycles. The predicted molar refractivity (Wildman–Crippen MR) is 82.0 cm³/mol. The first-order valence-electron chi connectivity index (χ1n) is 7.23. The molecule has 0 atom stereocenters. The summed E-state index contributed by atoms with van der Waals surface area (Å²) in [6, 6.07) is 6.81. The van der Waals surface area contributed by atoms with Crippen molar-refractivity contribution >= 4 is 27.4 Å². The van der Waals surface area contributed by atoms with Crippen LogP contribution in [-0.4, -0.2) is 32.8 Å². The van der Waals surface area contributed by atoms with Crippen LogP contribution in [0.3, 0.4) is 0 Å². The third-order valence-corrected chi connectivity index (χ3v) is 5.91. The molecule has 1 aromatic carbocycles. The van der Waals surface area contributed by atoms with Crippen molar-refractivity contribution in [2.45, 2.75) is 30.9 Å². The standard InChI is InChI=1S/C14H19N3O3S/c18-14-15-9-10-17(14)12-7-5-11(6-8-12)16-21(19,20)13-3-1-2-4-13/h5-8,13,16H,1-4,9-10H2,(H,15,18). The Morgan fingerprint density at radius 3 is 2.38 bits per heavy atom. The molecule has 3 rings (SSSR count). The van der Waals surface area contributed by atoms with Gasteiger partial charge in [0.05, 0.1) is 5.25 Å². The Kier molecular flexibility index (Phi) is 3.75. The number of nitrogens with zero attached hydrogens (tertiary/aromatic N) is 1. The number of rotatable bonds is 4. The van der Waals surface area contributed by atoms with Crippen LogP contribution in [0.4, 0.5) is 16.2 Å². The maximum absolute atomic E-state index is 12.2. The molecule has 0 bridgehead atoms. The quantitative estimate of drug-likeness (QED) is 0.891. The van der Waals surface area contributed by atoms with Gasteiger partial charge in [-0.25, -0.2) is 13.2 Å². The molecule has 7 heteroatoms. The zero-order valence-electron chi connectivity index (χ0n) is 11.7. The number of amides is 2. The molecule has 1 aliphatic carbocycles. The van der Waals surface area contributed by atoms with E-state index in [2.05, 4.69) is 10.0 Å². The Labute approximate surface area is 124 Å². The highest BCUT2D eigenvalue weighted by Gasteiger charge is 2.28. The Hall–Kier alpha value is -1.76. The minimum Gasteiger partial charge on any atom is -0.336 e. The van der Waals surface area contributed by atoms with Crippen molar-refractivity contribution in [2.24, 2.45) is 0 Å². The molecule has 0 radical (unpaired) electrons. The molecular weight excluding hydrogens is 290 g/mol. The van der Waals surface area contributed by atoms with E-state index in [1.807, 2.05) is 0 Å². The number of urea groups is 1. The van der Waals surface area contributed by atoms with Crippen LogP contribution in [0.1, 0.15) is 25.7 Å². The number of nitrogens with one attached hydrogen (secondary N) is 2. The molecule has 21 heavy (non-hydrogen) atoms. The molecule has 2 N–H and O–H groups in total. The van der Waals surface area contributed by atoms with E-state index >= 15 is 0 Å². The zero-order valence-corrected chi connectivity index (χ0v) is 12.5. The SMILES string of the molecule is O=C1NCCN1c1ccc(NS(=O)(=O)C2CCCC2)cc1. The van der Waals surface area contributed by atoms with Crippen LogP contribution in [-0.2, 0) is 10.0 Å². The molecule has 1 saturated heterocycles. The molecule has 0 spiro atoms. The molecule has 1 heterocycles. The number of hydrogen-bond donors (Lipinski definition) is 2. The first kappa shape index (κ1) is 14.2. The third kappa shape index (κ3) is 2.97. The highest BCUT2D eigenvalue weighted by molar-refractivity contribution is 7.93. The van der Waals surface area contributed by atoms with Gasteiger partial charge in [0.1, 0.15) is 0 Å². The van der Waals surface area contributed by atoms with Crippen LogP contribution < -0.4 is 14.9 Å². The average molecular weight is 309 g/mol. The van der Waals surface area contributed by atoms with E-state index in [0.29, 0.717) is 18.8 Å². The van der Waals surface area contributed by atoms with Crippen LogP contribution in [0, 0.1) is 0 Å². The first-order valence-corrected chi connectivity index (χ1v) is 8.78. The number of carbonyl (C=O) groups excluding carboxylic acids is 1. The summed E-state index contributed by atoms with van der Waals surface area (Å²) in [5, 5.41) is 2.46. The molecule has 2 fully saturated rings. The number of carbonyl (C=O) groups is 1. The van der Waals surface area contributed by atoms with E-state index in [4.69, 9.17) is 0 Å². The van der Waals surface area contributed by atoms with Crippen molar-refractivity contribution in [1.29, 1.82) is 0 Å². The Morgan fingerprint density at radius 2 is 1.81 bits per heavy atom. The summed E-state index contributed by atoms with van der Waals surface area (Å²) in [5.41, 5.74) is 1.32. The van der Waals surface area contributed by atoms with Crippen molar-refractivity contribution in [2.75, 3.05) is 22.7 Å². The monoisotopic (exact) mass is 309 g/mol. The van der Waals surface area contributed by atoms with Gasteiger partial charge in [0.25, 0.3) is 0 Å². The van der Waals surface area contributed by atoms with Gasteiger partial charge in [-0.1, -0.05) is 12.8 Å². The van der Waals surface area contributed by atoms with Gasteiger partial charge in [0.15, 0.2) is 0 Å². The molecule has 2 aliphatic rings. The van der Waals surface area contributed by atoms with Crippen LogP contribution in [0.2, 0.25) is 0 Å². The van der Waals surface area contributed by atoms with Gasteiger partial charge >= 0.3 is 6.03 Å². The second-order valence-corrected chi connectivity index (χ2v) is 7.44. The topological polar surface area (TPSA) is 78.5 Å². The number of hydrogen-bond acceptors (Lipinski definition) is 3. The Bertz CT molecular complexity index is 621. The summed E-state index contributed by atoms with van der Waals surface area (Å²) >= 11 is 0. The van der Waals surface area contributed by atoms with Gasteiger partial charge in [-0.15, -0.1) is 0 Å². The van der Waals surface area contributed by atoms with E-state index in [1.54, 1.807) is 29.2 Å². The van der Waals surface area contributed by atoms with E-state index in [-0.39, 0.29) is 11.3 Å². The minimum absolute atomic E-state index is 0.116. The molecule has 6 nitrogen and oxygen atoms in total. The molecule has 2 amide bonds. The third-order valence-electron chi connectivity index (χ3n) is 4.04. The van der Waals surface area contributed by atoms with Gasteiger partial charge in [-0.05, 0) is 37.1 Å². The number of anilines is 2. The zero-order chi connectivity index (χ0) is 14.9. The number of sulfonamides is 1. The summed E-state index contributed by atoms with van der Waals surface area (Å²) in [6.07, 6.45) is 3.44. The second-order valence-electron chi connectivity index (χ2n) is 5.48. The van der Waals surface area contributed by atoms with Crippen molar-refractivity contribution in [3.63, 3.8) is 0 Å². The first-order chi connectivity index (χ1) is 10.1. The number of benzene rings is 1. The van der Waals surface area contributed by atoms with E-state index in [1.165, 1.54) is 0 Å². The lowest BCUT2D eigenvalue weighted by Gasteiger charge is -2.16.